The van der Waals surface area contributed by atoms with E-state index in [0.29, 0.717) is 17.7 Å². The molecule has 2 aromatic rings. The first-order valence-electron chi connectivity index (χ1n) is 10.0. The summed E-state index contributed by atoms with van der Waals surface area (Å²) >= 11 is 0. The Morgan fingerprint density at radius 1 is 1.16 bits per heavy atom. The lowest BCUT2D eigenvalue weighted by Gasteiger charge is -2.12. The molecule has 0 heterocycles. The number of esters is 1. The third kappa shape index (κ3) is 7.03. The predicted octanol–water partition coefficient (Wildman–Crippen LogP) is 3.84. The van der Waals surface area contributed by atoms with Gasteiger partial charge in [-0.3, -0.25) is 4.79 Å². The average molecular weight is 434 g/mol. The number of benzene rings is 2. The molecular formula is C25H26N2O5. The zero-order valence-corrected chi connectivity index (χ0v) is 18.4. The second-order valence-electron chi connectivity index (χ2n) is 7.07. The zero-order valence-electron chi connectivity index (χ0n) is 18.4. The number of hydrogen-bond donors (Lipinski definition) is 1. The van der Waals surface area contributed by atoms with E-state index in [4.69, 9.17) is 14.2 Å². The van der Waals surface area contributed by atoms with E-state index in [-0.39, 0.29) is 29.7 Å². The number of ether oxygens (including phenoxy) is 3. The fourth-order valence-corrected chi connectivity index (χ4v) is 2.77. The molecule has 2 rings (SSSR count). The normalized spacial score (nSPS) is 10.8. The van der Waals surface area contributed by atoms with Crippen LogP contribution in [-0.4, -0.2) is 31.6 Å². The molecule has 0 saturated carbocycles. The van der Waals surface area contributed by atoms with Gasteiger partial charge in [-0.05, 0) is 55.7 Å². The second kappa shape index (κ2) is 12.0. The van der Waals surface area contributed by atoms with E-state index in [1.165, 1.54) is 19.3 Å². The van der Waals surface area contributed by atoms with Gasteiger partial charge >= 0.3 is 5.97 Å². The minimum Gasteiger partial charge on any atom is -0.493 e. The number of rotatable bonds is 10. The minimum absolute atomic E-state index is 0.0444. The van der Waals surface area contributed by atoms with Crippen LogP contribution in [0.3, 0.4) is 0 Å². The van der Waals surface area contributed by atoms with Crippen LogP contribution in [0.4, 0.5) is 0 Å². The van der Waals surface area contributed by atoms with Gasteiger partial charge in [0, 0.05) is 6.04 Å². The number of hydrogen-bond acceptors (Lipinski definition) is 6. The lowest BCUT2D eigenvalue weighted by Crippen LogP contribution is -2.30. The van der Waals surface area contributed by atoms with Crippen LogP contribution in [0.15, 0.2) is 60.7 Å². The molecule has 166 valence electrons. The van der Waals surface area contributed by atoms with Crippen LogP contribution < -0.4 is 19.5 Å². The first-order chi connectivity index (χ1) is 15.4. The molecule has 1 N–H and O–H groups in total. The average Bonchev–Trinajstić information content (AvgIpc) is 2.77. The molecule has 0 spiro atoms. The molecule has 0 radical (unpaired) electrons. The van der Waals surface area contributed by atoms with E-state index in [9.17, 15) is 14.9 Å². The van der Waals surface area contributed by atoms with E-state index in [1.54, 1.807) is 38.1 Å². The monoisotopic (exact) mass is 434 g/mol. The van der Waals surface area contributed by atoms with E-state index < -0.39 is 11.9 Å². The summed E-state index contributed by atoms with van der Waals surface area (Å²) in [5.41, 5.74) is 1.42. The van der Waals surface area contributed by atoms with Crippen molar-refractivity contribution in [3.63, 3.8) is 0 Å². The maximum atomic E-state index is 12.3. The van der Waals surface area contributed by atoms with Crippen molar-refractivity contribution in [1.29, 1.82) is 5.26 Å². The minimum atomic E-state index is -0.603. The Hall–Kier alpha value is -4.05. The lowest BCUT2D eigenvalue weighted by atomic mass is 10.1. The topological polar surface area (TPSA) is 97.7 Å². The lowest BCUT2D eigenvalue weighted by molar-refractivity contribution is -0.136. The fraction of sp³-hybridized carbons (Fsp3) is 0.240. The number of carbonyl (C=O) groups is 2. The Balaban J connectivity index is 2.10. The van der Waals surface area contributed by atoms with E-state index in [0.717, 1.165) is 5.56 Å². The standard InChI is InChI=1S/C25H26N2O5/c1-5-8-19-9-6-7-10-21(19)31-16-24(28)32-22-12-11-18(14-23(22)30-4)13-20(15-26)25(29)27-17(2)3/h5-7,9-14,17H,1,8,16H2,2-4H3,(H,27,29)/b20-13+. The number of carbonyl (C=O) groups excluding carboxylic acids is 2. The highest BCUT2D eigenvalue weighted by atomic mass is 16.6. The summed E-state index contributed by atoms with van der Waals surface area (Å²) < 4.78 is 16.3. The zero-order chi connectivity index (χ0) is 23.5. The second-order valence-corrected chi connectivity index (χ2v) is 7.07. The molecule has 7 nitrogen and oxygen atoms in total. The largest absolute Gasteiger partial charge is 0.493 e. The van der Waals surface area contributed by atoms with Gasteiger partial charge in [0.1, 0.15) is 17.4 Å². The molecular weight excluding hydrogens is 408 g/mol. The molecule has 0 aliphatic carbocycles. The molecule has 0 bridgehead atoms. The fourth-order valence-electron chi connectivity index (χ4n) is 2.77. The Morgan fingerprint density at radius 3 is 2.56 bits per heavy atom. The van der Waals surface area contributed by atoms with Crippen LogP contribution in [0.1, 0.15) is 25.0 Å². The van der Waals surface area contributed by atoms with Crippen molar-refractivity contribution >= 4 is 18.0 Å². The molecule has 0 unspecified atom stereocenters. The predicted molar refractivity (Wildman–Crippen MR) is 121 cm³/mol. The number of para-hydroxylation sites is 1. The first kappa shape index (κ1) is 24.2. The number of nitrogens with zero attached hydrogens (tertiary/aromatic N) is 1. The summed E-state index contributed by atoms with van der Waals surface area (Å²) in [6, 6.07) is 13.9. The summed E-state index contributed by atoms with van der Waals surface area (Å²) in [6.45, 7) is 7.04. The van der Waals surface area contributed by atoms with Gasteiger partial charge in [-0.1, -0.05) is 30.3 Å². The number of nitriles is 1. The van der Waals surface area contributed by atoms with Gasteiger partial charge in [0.25, 0.3) is 5.91 Å². The third-order valence-electron chi connectivity index (χ3n) is 4.19. The summed E-state index contributed by atoms with van der Waals surface area (Å²) in [4.78, 5) is 24.4. The van der Waals surface area contributed by atoms with Crippen molar-refractivity contribution in [3.05, 3.63) is 71.8 Å². The van der Waals surface area contributed by atoms with Crippen molar-refractivity contribution < 1.29 is 23.8 Å². The van der Waals surface area contributed by atoms with Crippen LogP contribution in [-0.2, 0) is 16.0 Å². The van der Waals surface area contributed by atoms with Gasteiger partial charge in [0.15, 0.2) is 18.1 Å². The molecule has 0 aliphatic heterocycles. The van der Waals surface area contributed by atoms with Gasteiger partial charge in [0.2, 0.25) is 0 Å². The smallest absolute Gasteiger partial charge is 0.349 e. The van der Waals surface area contributed by atoms with Crippen molar-refractivity contribution in [2.75, 3.05) is 13.7 Å². The molecule has 0 aromatic heterocycles. The van der Waals surface area contributed by atoms with Crippen molar-refractivity contribution in [2.45, 2.75) is 26.3 Å². The van der Waals surface area contributed by atoms with Crippen molar-refractivity contribution in [3.8, 4) is 23.3 Å². The molecule has 2 aromatic carbocycles. The van der Waals surface area contributed by atoms with Crippen LogP contribution in [0, 0.1) is 11.3 Å². The van der Waals surface area contributed by atoms with Gasteiger partial charge in [-0.25, -0.2) is 4.79 Å². The summed E-state index contributed by atoms with van der Waals surface area (Å²) in [7, 11) is 1.43. The summed E-state index contributed by atoms with van der Waals surface area (Å²) in [5.74, 6) is -0.0103. The highest BCUT2D eigenvalue weighted by Gasteiger charge is 2.14. The quantitative estimate of drug-likeness (QED) is 0.201. The van der Waals surface area contributed by atoms with Crippen molar-refractivity contribution in [2.24, 2.45) is 0 Å². The maximum absolute atomic E-state index is 12.3. The molecule has 0 saturated heterocycles. The van der Waals surface area contributed by atoms with Crippen LogP contribution in [0.25, 0.3) is 6.08 Å². The molecule has 7 heteroatoms. The third-order valence-corrected chi connectivity index (χ3v) is 4.19. The van der Waals surface area contributed by atoms with Crippen LogP contribution >= 0.6 is 0 Å². The Labute approximate surface area is 187 Å². The SMILES string of the molecule is C=CCc1ccccc1OCC(=O)Oc1ccc(/C=C(\C#N)C(=O)NC(C)C)cc1OC. The van der Waals surface area contributed by atoms with Crippen LogP contribution in [0.5, 0.6) is 17.2 Å². The van der Waals surface area contributed by atoms with Gasteiger partial charge in [-0.2, -0.15) is 5.26 Å². The molecule has 0 fully saturated rings. The number of nitrogens with one attached hydrogen (secondary N) is 1. The molecule has 32 heavy (non-hydrogen) atoms. The van der Waals surface area contributed by atoms with E-state index in [2.05, 4.69) is 11.9 Å². The number of allylic oxidation sites excluding steroid dienone is 1. The highest BCUT2D eigenvalue weighted by Crippen LogP contribution is 2.29. The number of amides is 1. The Bertz CT molecular complexity index is 1050. The van der Waals surface area contributed by atoms with Gasteiger partial charge < -0.3 is 19.5 Å². The summed E-state index contributed by atoms with van der Waals surface area (Å²) in [6.07, 6.45) is 3.81. The Kier molecular flexibility index (Phi) is 9.05. The van der Waals surface area contributed by atoms with Gasteiger partial charge in [-0.15, -0.1) is 6.58 Å². The van der Waals surface area contributed by atoms with Crippen molar-refractivity contribution in [1.82, 2.24) is 5.32 Å². The highest BCUT2D eigenvalue weighted by molar-refractivity contribution is 6.01. The van der Waals surface area contributed by atoms with Gasteiger partial charge in [0.05, 0.1) is 7.11 Å². The first-order valence-corrected chi connectivity index (χ1v) is 10.0. The summed E-state index contributed by atoms with van der Waals surface area (Å²) in [5, 5.41) is 11.9. The van der Waals surface area contributed by atoms with Crippen LogP contribution in [0.2, 0.25) is 0 Å². The number of methoxy groups -OCH3 is 1. The Morgan fingerprint density at radius 2 is 1.91 bits per heavy atom. The molecule has 1 amide bonds. The van der Waals surface area contributed by atoms with E-state index in [1.807, 2.05) is 24.3 Å². The molecule has 0 aliphatic rings. The van der Waals surface area contributed by atoms with E-state index >= 15 is 0 Å². The maximum Gasteiger partial charge on any atom is 0.349 e. The molecule has 0 atom stereocenters.